The first kappa shape index (κ1) is 5.06. The van der Waals surface area contributed by atoms with Crippen LogP contribution in [0.2, 0.25) is 0 Å². The van der Waals surface area contributed by atoms with E-state index in [1.54, 1.807) is 6.08 Å². The van der Waals surface area contributed by atoms with Crippen molar-refractivity contribution in [1.29, 1.82) is 0 Å². The molecule has 3 nitrogen and oxygen atoms in total. The SMILES string of the molecule is C1=CC=1OCON1CC1. The smallest absolute Gasteiger partial charge is 0.208 e. The van der Waals surface area contributed by atoms with E-state index in [-0.39, 0.29) is 0 Å². The minimum atomic E-state index is 0.332. The minimum Gasteiger partial charge on any atom is -0.458 e. The maximum atomic E-state index is 5.03. The van der Waals surface area contributed by atoms with Crippen LogP contribution in [0.4, 0.5) is 0 Å². The molecule has 0 unspecified atom stereocenters. The molecule has 1 saturated heterocycles. The zero-order valence-electron chi connectivity index (χ0n) is 4.96. The second kappa shape index (κ2) is 1.88. The summed E-state index contributed by atoms with van der Waals surface area (Å²) in [6.45, 7) is 2.41. The summed E-state index contributed by atoms with van der Waals surface area (Å²) in [5, 5.41) is 1.84. The molecule has 9 heavy (non-hydrogen) atoms. The summed E-state index contributed by atoms with van der Waals surface area (Å²) in [5.41, 5.74) is 2.80. The molecule has 0 spiro atoms. The van der Waals surface area contributed by atoms with E-state index in [4.69, 9.17) is 9.57 Å². The summed E-state index contributed by atoms with van der Waals surface area (Å²) in [7, 11) is 0. The summed E-state index contributed by atoms with van der Waals surface area (Å²) in [4.78, 5) is 5.03. The Bertz CT molecular complexity index is 177. The molecule has 1 heterocycles. The summed E-state index contributed by atoms with van der Waals surface area (Å²) < 4.78 is 4.99. The van der Waals surface area contributed by atoms with Crippen molar-refractivity contribution in [3.63, 3.8) is 0 Å². The fourth-order valence-electron chi connectivity index (χ4n) is 0.447. The summed E-state index contributed by atoms with van der Waals surface area (Å²) in [5.74, 6) is 0.817. The molecule has 0 N–H and O–H groups in total. The quantitative estimate of drug-likeness (QED) is 0.305. The normalized spacial score (nSPS) is 21.6. The topological polar surface area (TPSA) is 21.5 Å². The minimum absolute atomic E-state index is 0.332. The molecule has 1 fully saturated rings. The summed E-state index contributed by atoms with van der Waals surface area (Å²) >= 11 is 0. The van der Waals surface area contributed by atoms with Crippen LogP contribution in [0.1, 0.15) is 0 Å². The average Bonchev–Trinajstić information content (AvgIpc) is 2.57. The Balaban J connectivity index is 1.51. The summed E-state index contributed by atoms with van der Waals surface area (Å²) in [6, 6.07) is 0. The van der Waals surface area contributed by atoms with E-state index in [0.29, 0.717) is 6.79 Å². The molecule has 0 amide bonds. The lowest BCUT2D eigenvalue weighted by Gasteiger charge is -2.00. The van der Waals surface area contributed by atoms with Gasteiger partial charge in [-0.2, -0.15) is 5.06 Å². The molecule has 3 heteroatoms. The van der Waals surface area contributed by atoms with Crippen LogP contribution in [0.25, 0.3) is 0 Å². The Labute approximate surface area is 53.1 Å². The van der Waals surface area contributed by atoms with Gasteiger partial charge in [0.05, 0.1) is 0 Å². The van der Waals surface area contributed by atoms with Crippen molar-refractivity contribution in [2.45, 2.75) is 0 Å². The summed E-state index contributed by atoms with van der Waals surface area (Å²) in [6.07, 6.45) is 1.78. The van der Waals surface area contributed by atoms with E-state index in [2.05, 4.69) is 5.73 Å². The largest absolute Gasteiger partial charge is 0.458 e. The highest BCUT2D eigenvalue weighted by molar-refractivity contribution is 5.24. The zero-order chi connectivity index (χ0) is 6.10. The molecule has 0 radical (unpaired) electrons. The Morgan fingerprint density at radius 1 is 1.67 bits per heavy atom. The zero-order valence-corrected chi connectivity index (χ0v) is 4.96. The molecule has 1 aliphatic carbocycles. The van der Waals surface area contributed by atoms with Gasteiger partial charge in [0.15, 0.2) is 5.76 Å². The average molecular weight is 125 g/mol. The van der Waals surface area contributed by atoms with Gasteiger partial charge in [0.25, 0.3) is 0 Å². The molecule has 0 atom stereocenters. The fourth-order valence-corrected chi connectivity index (χ4v) is 0.447. The fraction of sp³-hybridized carbons (Fsp3) is 0.500. The monoisotopic (exact) mass is 125 g/mol. The molecular weight excluding hydrogens is 118 g/mol. The Morgan fingerprint density at radius 2 is 2.44 bits per heavy atom. The van der Waals surface area contributed by atoms with E-state index < -0.39 is 0 Å². The van der Waals surface area contributed by atoms with Crippen LogP contribution in [0.3, 0.4) is 0 Å². The number of ether oxygens (including phenoxy) is 1. The number of rotatable bonds is 4. The van der Waals surface area contributed by atoms with Gasteiger partial charge >= 0.3 is 0 Å². The number of hydroxylamine groups is 2. The second-order valence-electron chi connectivity index (χ2n) is 1.97. The van der Waals surface area contributed by atoms with E-state index in [9.17, 15) is 0 Å². The second-order valence-corrected chi connectivity index (χ2v) is 1.97. The van der Waals surface area contributed by atoms with Crippen molar-refractivity contribution >= 4 is 0 Å². The van der Waals surface area contributed by atoms with Gasteiger partial charge in [-0.1, -0.05) is 5.73 Å². The first-order chi connectivity index (χ1) is 4.45. The molecule has 2 aliphatic rings. The molecule has 0 bridgehead atoms. The van der Waals surface area contributed by atoms with Gasteiger partial charge < -0.3 is 4.74 Å². The van der Waals surface area contributed by atoms with E-state index >= 15 is 0 Å². The van der Waals surface area contributed by atoms with Gasteiger partial charge in [0.1, 0.15) is 0 Å². The van der Waals surface area contributed by atoms with Gasteiger partial charge in [0, 0.05) is 19.2 Å². The van der Waals surface area contributed by atoms with Crippen molar-refractivity contribution in [3.05, 3.63) is 17.6 Å². The predicted molar refractivity (Wildman–Crippen MR) is 30.2 cm³/mol. The van der Waals surface area contributed by atoms with Crippen molar-refractivity contribution in [2.75, 3.05) is 19.9 Å². The third-order valence-electron chi connectivity index (χ3n) is 1.12. The predicted octanol–water partition coefficient (Wildman–Crippen LogP) is 0.260. The Morgan fingerprint density at radius 3 is 3.00 bits per heavy atom. The van der Waals surface area contributed by atoms with Gasteiger partial charge in [-0.05, 0) is 0 Å². The molecular formula is C6H7NO2. The lowest BCUT2D eigenvalue weighted by molar-refractivity contribution is -0.144. The maximum absolute atomic E-state index is 5.03. The highest BCUT2D eigenvalue weighted by Gasteiger charge is 2.18. The van der Waals surface area contributed by atoms with Crippen LogP contribution in [0.15, 0.2) is 17.6 Å². The van der Waals surface area contributed by atoms with Gasteiger partial charge in [0.2, 0.25) is 6.79 Å². The highest BCUT2D eigenvalue weighted by atomic mass is 16.8. The van der Waals surface area contributed by atoms with E-state index in [1.807, 2.05) is 5.06 Å². The lowest BCUT2D eigenvalue weighted by Crippen LogP contribution is -2.02. The van der Waals surface area contributed by atoms with Crippen molar-refractivity contribution < 1.29 is 9.57 Å². The Kier molecular flexibility index (Phi) is 1.06. The van der Waals surface area contributed by atoms with Crippen LogP contribution >= 0.6 is 0 Å². The number of nitrogens with zero attached hydrogens (tertiary/aromatic N) is 1. The van der Waals surface area contributed by atoms with Gasteiger partial charge in [-0.25, -0.2) is 0 Å². The van der Waals surface area contributed by atoms with Crippen LogP contribution in [0.5, 0.6) is 0 Å². The van der Waals surface area contributed by atoms with Crippen LogP contribution in [-0.4, -0.2) is 24.9 Å². The molecule has 48 valence electrons. The lowest BCUT2D eigenvalue weighted by atomic mass is 10.9. The van der Waals surface area contributed by atoms with Crippen LogP contribution in [0, 0.1) is 0 Å². The third-order valence-corrected chi connectivity index (χ3v) is 1.12. The number of hydrogen-bond acceptors (Lipinski definition) is 3. The van der Waals surface area contributed by atoms with E-state index in [0.717, 1.165) is 18.8 Å². The Hall–Kier alpha value is -0.760. The molecule has 0 saturated carbocycles. The molecule has 0 aromatic carbocycles. The van der Waals surface area contributed by atoms with Crippen molar-refractivity contribution in [2.24, 2.45) is 0 Å². The standard InChI is InChI=1S/C6H7NO2/c1-2-6(1)8-5-9-7-3-4-7/h1H,3-5H2. The first-order valence-corrected chi connectivity index (χ1v) is 2.92. The molecule has 0 aromatic rings. The highest BCUT2D eigenvalue weighted by Crippen LogP contribution is 2.09. The van der Waals surface area contributed by atoms with Crippen molar-refractivity contribution in [3.8, 4) is 0 Å². The molecule has 1 aliphatic heterocycles. The molecule has 2 rings (SSSR count). The third kappa shape index (κ3) is 1.57. The van der Waals surface area contributed by atoms with Crippen molar-refractivity contribution in [1.82, 2.24) is 5.06 Å². The van der Waals surface area contributed by atoms with E-state index in [1.165, 1.54) is 0 Å². The maximum Gasteiger partial charge on any atom is 0.208 e. The van der Waals surface area contributed by atoms with Crippen LogP contribution in [-0.2, 0) is 9.57 Å². The number of hydrogen-bond donors (Lipinski definition) is 0. The first-order valence-electron chi connectivity index (χ1n) is 2.92. The van der Waals surface area contributed by atoms with Crippen LogP contribution < -0.4 is 0 Å². The molecule has 0 aromatic heterocycles. The van der Waals surface area contributed by atoms with Gasteiger partial charge in [-0.15, -0.1) is 0 Å². The van der Waals surface area contributed by atoms with Gasteiger partial charge in [-0.3, -0.25) is 4.84 Å².